The zero-order chi connectivity index (χ0) is 16.3. The Kier molecular flexibility index (Phi) is 4.60. The maximum atomic E-state index is 12.4. The van der Waals surface area contributed by atoms with E-state index in [0.717, 1.165) is 17.7 Å². The molecule has 0 bridgehead atoms. The number of amides is 2. The van der Waals surface area contributed by atoms with Crippen molar-refractivity contribution < 1.29 is 9.59 Å². The highest BCUT2D eigenvalue weighted by Crippen LogP contribution is 2.24. The van der Waals surface area contributed by atoms with Gasteiger partial charge in [0.25, 0.3) is 5.91 Å². The van der Waals surface area contributed by atoms with Crippen molar-refractivity contribution in [3.8, 4) is 0 Å². The molecule has 0 atom stereocenters. The summed E-state index contributed by atoms with van der Waals surface area (Å²) in [5.41, 5.74) is 3.53. The topological polar surface area (TPSA) is 76.0 Å². The van der Waals surface area contributed by atoms with Gasteiger partial charge in [0.15, 0.2) is 0 Å². The number of aromatic nitrogens is 2. The molecule has 2 rings (SSSR count). The van der Waals surface area contributed by atoms with E-state index in [-0.39, 0.29) is 11.8 Å². The number of carbonyl (C=O) groups excluding carboxylic acids is 2. The highest BCUT2D eigenvalue weighted by Gasteiger charge is 2.14. The minimum atomic E-state index is -0.224. The Balaban J connectivity index is 2.24. The van der Waals surface area contributed by atoms with Crippen LogP contribution in [0.5, 0.6) is 0 Å². The first-order valence-electron chi connectivity index (χ1n) is 7.13. The van der Waals surface area contributed by atoms with Gasteiger partial charge in [-0.15, -0.1) is 0 Å². The number of aryl methyl sites for hydroxylation is 2. The van der Waals surface area contributed by atoms with Gasteiger partial charge in [-0.2, -0.15) is 5.10 Å². The summed E-state index contributed by atoms with van der Waals surface area (Å²) < 4.78 is 1.57. The first kappa shape index (κ1) is 15.8. The SMILES string of the molecule is CCc1cc(C(=O)Nc2cccc(NC(C)=O)c2C)n(C)n1. The molecule has 116 valence electrons. The van der Waals surface area contributed by atoms with E-state index in [9.17, 15) is 9.59 Å². The number of benzene rings is 1. The van der Waals surface area contributed by atoms with Crippen LogP contribution >= 0.6 is 0 Å². The first-order valence-corrected chi connectivity index (χ1v) is 7.13. The second-order valence-electron chi connectivity index (χ2n) is 5.11. The van der Waals surface area contributed by atoms with Gasteiger partial charge in [0.05, 0.1) is 5.69 Å². The lowest BCUT2D eigenvalue weighted by Gasteiger charge is -2.12. The fourth-order valence-corrected chi connectivity index (χ4v) is 2.19. The standard InChI is InChI=1S/C16H20N4O2/c1-5-12-9-15(20(4)19-12)16(22)18-14-8-6-7-13(10(14)2)17-11(3)21/h6-9H,5H2,1-4H3,(H,17,21)(H,18,22). The zero-order valence-electron chi connectivity index (χ0n) is 13.2. The van der Waals surface area contributed by atoms with Crippen molar-refractivity contribution in [2.45, 2.75) is 27.2 Å². The molecule has 0 saturated carbocycles. The quantitative estimate of drug-likeness (QED) is 0.911. The van der Waals surface area contributed by atoms with Gasteiger partial charge in [-0.25, -0.2) is 0 Å². The van der Waals surface area contributed by atoms with E-state index in [1.54, 1.807) is 36.0 Å². The molecule has 0 unspecified atom stereocenters. The maximum absolute atomic E-state index is 12.4. The summed E-state index contributed by atoms with van der Waals surface area (Å²) in [7, 11) is 1.74. The van der Waals surface area contributed by atoms with Crippen molar-refractivity contribution in [2.75, 3.05) is 10.6 Å². The average Bonchev–Trinajstić information content (AvgIpc) is 2.84. The van der Waals surface area contributed by atoms with Gasteiger partial charge in [0.2, 0.25) is 5.91 Å². The lowest BCUT2D eigenvalue weighted by atomic mass is 10.1. The van der Waals surface area contributed by atoms with Crippen LogP contribution in [0.3, 0.4) is 0 Å². The van der Waals surface area contributed by atoms with Crippen molar-refractivity contribution in [3.63, 3.8) is 0 Å². The summed E-state index contributed by atoms with van der Waals surface area (Å²) in [4.78, 5) is 23.6. The molecule has 6 nitrogen and oxygen atoms in total. The first-order chi connectivity index (χ1) is 10.4. The van der Waals surface area contributed by atoms with Crippen LogP contribution in [0, 0.1) is 6.92 Å². The summed E-state index contributed by atoms with van der Waals surface area (Å²) in [5.74, 6) is -0.372. The Morgan fingerprint density at radius 3 is 2.41 bits per heavy atom. The third-order valence-corrected chi connectivity index (χ3v) is 3.42. The molecule has 6 heteroatoms. The van der Waals surface area contributed by atoms with Gasteiger partial charge in [0.1, 0.15) is 5.69 Å². The molecular formula is C16H20N4O2. The van der Waals surface area contributed by atoms with E-state index >= 15 is 0 Å². The predicted octanol–water partition coefficient (Wildman–Crippen LogP) is 2.50. The van der Waals surface area contributed by atoms with Gasteiger partial charge < -0.3 is 10.6 Å². The Morgan fingerprint density at radius 2 is 1.86 bits per heavy atom. The van der Waals surface area contributed by atoms with E-state index in [4.69, 9.17) is 0 Å². The minimum Gasteiger partial charge on any atom is -0.326 e. The van der Waals surface area contributed by atoms with Gasteiger partial charge in [-0.3, -0.25) is 14.3 Å². The van der Waals surface area contributed by atoms with E-state index in [1.165, 1.54) is 6.92 Å². The van der Waals surface area contributed by atoms with Gasteiger partial charge in [0, 0.05) is 25.3 Å². The molecule has 1 aromatic carbocycles. The minimum absolute atomic E-state index is 0.147. The van der Waals surface area contributed by atoms with Crippen LogP contribution < -0.4 is 10.6 Å². The summed E-state index contributed by atoms with van der Waals surface area (Å²) in [6.07, 6.45) is 0.776. The maximum Gasteiger partial charge on any atom is 0.273 e. The lowest BCUT2D eigenvalue weighted by Crippen LogP contribution is -2.17. The van der Waals surface area contributed by atoms with Crippen molar-refractivity contribution in [1.82, 2.24) is 9.78 Å². The van der Waals surface area contributed by atoms with Crippen LogP contribution in [-0.2, 0) is 18.3 Å². The molecule has 2 aromatic rings. The van der Waals surface area contributed by atoms with Crippen molar-refractivity contribution in [2.24, 2.45) is 7.05 Å². The molecule has 2 amide bonds. The molecule has 1 aromatic heterocycles. The van der Waals surface area contributed by atoms with E-state index in [0.29, 0.717) is 17.1 Å². The number of nitrogens with zero attached hydrogens (tertiary/aromatic N) is 2. The Labute approximate surface area is 129 Å². The molecule has 0 spiro atoms. The largest absolute Gasteiger partial charge is 0.326 e. The van der Waals surface area contributed by atoms with Crippen LogP contribution in [-0.4, -0.2) is 21.6 Å². The van der Waals surface area contributed by atoms with E-state index in [2.05, 4.69) is 15.7 Å². The normalized spacial score (nSPS) is 10.4. The summed E-state index contributed by atoms with van der Waals surface area (Å²) >= 11 is 0. The number of rotatable bonds is 4. The third kappa shape index (κ3) is 3.33. The molecular weight excluding hydrogens is 280 g/mol. The van der Waals surface area contributed by atoms with Crippen LogP contribution in [0.1, 0.15) is 35.6 Å². The highest BCUT2D eigenvalue weighted by molar-refractivity contribution is 6.04. The van der Waals surface area contributed by atoms with Crippen molar-refractivity contribution in [1.29, 1.82) is 0 Å². The van der Waals surface area contributed by atoms with Crippen molar-refractivity contribution >= 4 is 23.2 Å². The van der Waals surface area contributed by atoms with E-state index in [1.807, 2.05) is 13.8 Å². The number of hydrogen-bond acceptors (Lipinski definition) is 3. The fourth-order valence-electron chi connectivity index (χ4n) is 2.19. The Bertz CT molecular complexity index is 719. The van der Waals surface area contributed by atoms with E-state index < -0.39 is 0 Å². The molecule has 22 heavy (non-hydrogen) atoms. The average molecular weight is 300 g/mol. The van der Waals surface area contributed by atoms with Crippen LogP contribution in [0.2, 0.25) is 0 Å². The Hall–Kier alpha value is -2.63. The van der Waals surface area contributed by atoms with Crippen LogP contribution in [0.25, 0.3) is 0 Å². The third-order valence-electron chi connectivity index (χ3n) is 3.42. The summed E-state index contributed by atoms with van der Waals surface area (Å²) in [6.45, 7) is 5.29. The number of carbonyl (C=O) groups is 2. The molecule has 0 aliphatic heterocycles. The molecule has 0 aliphatic carbocycles. The van der Waals surface area contributed by atoms with Crippen molar-refractivity contribution in [3.05, 3.63) is 41.2 Å². The number of nitrogens with one attached hydrogen (secondary N) is 2. The summed E-state index contributed by atoms with van der Waals surface area (Å²) in [5, 5.41) is 9.88. The molecule has 1 heterocycles. The number of hydrogen-bond donors (Lipinski definition) is 2. The monoisotopic (exact) mass is 300 g/mol. The zero-order valence-corrected chi connectivity index (χ0v) is 13.2. The molecule has 0 fully saturated rings. The Morgan fingerprint density at radius 1 is 1.23 bits per heavy atom. The second-order valence-corrected chi connectivity index (χ2v) is 5.11. The molecule has 0 radical (unpaired) electrons. The number of anilines is 2. The van der Waals surface area contributed by atoms with Crippen LogP contribution in [0.15, 0.2) is 24.3 Å². The smallest absolute Gasteiger partial charge is 0.273 e. The lowest BCUT2D eigenvalue weighted by molar-refractivity contribution is -0.114. The van der Waals surface area contributed by atoms with Crippen LogP contribution in [0.4, 0.5) is 11.4 Å². The fraction of sp³-hybridized carbons (Fsp3) is 0.312. The van der Waals surface area contributed by atoms with Gasteiger partial charge in [-0.1, -0.05) is 13.0 Å². The molecule has 0 saturated heterocycles. The van der Waals surface area contributed by atoms with Gasteiger partial charge >= 0.3 is 0 Å². The summed E-state index contributed by atoms with van der Waals surface area (Å²) in [6, 6.07) is 7.16. The second kappa shape index (κ2) is 6.43. The highest BCUT2D eigenvalue weighted by atomic mass is 16.2. The molecule has 2 N–H and O–H groups in total. The molecule has 0 aliphatic rings. The van der Waals surface area contributed by atoms with Gasteiger partial charge in [-0.05, 0) is 37.1 Å². The predicted molar refractivity (Wildman–Crippen MR) is 86.0 cm³/mol.